The van der Waals surface area contributed by atoms with Crippen molar-refractivity contribution < 1.29 is 8.78 Å². The molecule has 1 saturated carbocycles. The van der Waals surface area contributed by atoms with Crippen molar-refractivity contribution in [2.45, 2.75) is 52.0 Å². The van der Waals surface area contributed by atoms with E-state index in [2.05, 4.69) is 35.1 Å². The van der Waals surface area contributed by atoms with Gasteiger partial charge >= 0.3 is 0 Å². The normalized spacial score (nSPS) is 19.2. The number of benzene rings is 1. The second-order valence-corrected chi connectivity index (χ2v) is 6.89. The first-order chi connectivity index (χ1) is 9.48. The molecule has 0 aliphatic heterocycles. The van der Waals surface area contributed by atoms with Gasteiger partial charge in [0.15, 0.2) is 0 Å². The zero-order chi connectivity index (χ0) is 14.8. The Kier molecular flexibility index (Phi) is 5.19. The minimum atomic E-state index is -0.397. The lowest BCUT2D eigenvalue weighted by atomic mass is 9.77. The molecule has 0 amide bonds. The molecule has 1 aliphatic rings. The van der Waals surface area contributed by atoms with Gasteiger partial charge in [-0.25, -0.2) is 8.78 Å². The Labute approximate surface area is 128 Å². The van der Waals surface area contributed by atoms with Crippen LogP contribution in [-0.4, -0.2) is 6.54 Å². The van der Waals surface area contributed by atoms with Crippen LogP contribution in [-0.2, 0) is 0 Å². The molecule has 1 unspecified atom stereocenters. The van der Waals surface area contributed by atoms with Gasteiger partial charge in [0.2, 0.25) is 0 Å². The fraction of sp³-hybridized carbons (Fsp3) is 0.625. The van der Waals surface area contributed by atoms with Crippen LogP contribution in [0.25, 0.3) is 0 Å². The van der Waals surface area contributed by atoms with Crippen LogP contribution in [0.3, 0.4) is 0 Å². The third-order valence-corrected chi connectivity index (χ3v) is 5.00. The molecular weight excluding hydrogens is 324 g/mol. The van der Waals surface area contributed by atoms with E-state index in [1.807, 2.05) is 0 Å². The zero-order valence-corrected chi connectivity index (χ0v) is 13.7. The summed E-state index contributed by atoms with van der Waals surface area (Å²) in [5, 5.41) is 3.43. The van der Waals surface area contributed by atoms with E-state index < -0.39 is 5.82 Å². The molecule has 1 N–H and O–H groups in total. The Morgan fingerprint density at radius 2 is 1.90 bits per heavy atom. The van der Waals surface area contributed by atoms with Crippen LogP contribution >= 0.6 is 15.9 Å². The van der Waals surface area contributed by atoms with Gasteiger partial charge in [-0.05, 0) is 59.3 Å². The Bertz CT molecular complexity index is 470. The Balaban J connectivity index is 2.38. The lowest BCUT2D eigenvalue weighted by Gasteiger charge is -2.35. The molecule has 4 heteroatoms. The highest BCUT2D eigenvalue weighted by Crippen LogP contribution is 2.48. The Morgan fingerprint density at radius 1 is 1.25 bits per heavy atom. The second-order valence-electron chi connectivity index (χ2n) is 6.04. The van der Waals surface area contributed by atoms with E-state index in [0.717, 1.165) is 25.8 Å². The van der Waals surface area contributed by atoms with Gasteiger partial charge in [0.1, 0.15) is 11.6 Å². The predicted octanol–water partition coefficient (Wildman–Crippen LogP) is 5.35. The molecule has 0 radical (unpaired) electrons. The molecule has 0 spiro atoms. The molecule has 1 aromatic rings. The third-order valence-electron chi connectivity index (χ3n) is 4.39. The first-order valence-corrected chi connectivity index (χ1v) is 8.15. The standard InChI is InChI=1S/C16H22BrF2N/c1-3-8-20-15(16(2)6-4-5-7-16)11-9-14(19)12(17)10-13(11)18/h9-10,15,20H,3-8H2,1-2H3. The van der Waals surface area contributed by atoms with E-state index >= 15 is 0 Å². The predicted molar refractivity (Wildman–Crippen MR) is 81.7 cm³/mol. The maximum absolute atomic E-state index is 14.3. The number of hydrogen-bond donors (Lipinski definition) is 1. The maximum Gasteiger partial charge on any atom is 0.137 e. The fourth-order valence-corrected chi connectivity index (χ4v) is 3.57. The van der Waals surface area contributed by atoms with Gasteiger partial charge in [-0.1, -0.05) is 26.7 Å². The van der Waals surface area contributed by atoms with Crippen molar-refractivity contribution in [3.63, 3.8) is 0 Å². The lowest BCUT2D eigenvalue weighted by molar-refractivity contribution is 0.218. The van der Waals surface area contributed by atoms with E-state index in [9.17, 15) is 8.78 Å². The summed E-state index contributed by atoms with van der Waals surface area (Å²) in [6.45, 7) is 5.09. The van der Waals surface area contributed by atoms with Crippen molar-refractivity contribution in [2.24, 2.45) is 5.41 Å². The second kappa shape index (κ2) is 6.52. The highest BCUT2D eigenvalue weighted by molar-refractivity contribution is 9.10. The molecule has 1 aliphatic carbocycles. The highest BCUT2D eigenvalue weighted by Gasteiger charge is 2.39. The molecule has 1 nitrogen and oxygen atoms in total. The highest BCUT2D eigenvalue weighted by atomic mass is 79.9. The van der Waals surface area contributed by atoms with Crippen LogP contribution in [0.15, 0.2) is 16.6 Å². The van der Waals surface area contributed by atoms with Gasteiger partial charge < -0.3 is 5.32 Å². The molecule has 1 fully saturated rings. The van der Waals surface area contributed by atoms with E-state index in [0.29, 0.717) is 5.56 Å². The van der Waals surface area contributed by atoms with Gasteiger partial charge in [-0.2, -0.15) is 0 Å². The van der Waals surface area contributed by atoms with Crippen molar-refractivity contribution in [2.75, 3.05) is 6.54 Å². The van der Waals surface area contributed by atoms with Gasteiger partial charge in [-0.3, -0.25) is 0 Å². The smallest absolute Gasteiger partial charge is 0.137 e. The van der Waals surface area contributed by atoms with Crippen molar-refractivity contribution in [1.82, 2.24) is 5.32 Å². The molecule has 1 aromatic carbocycles. The quantitative estimate of drug-likeness (QED) is 0.709. The van der Waals surface area contributed by atoms with Gasteiger partial charge in [0.05, 0.1) is 4.47 Å². The fourth-order valence-electron chi connectivity index (χ4n) is 3.25. The molecule has 0 bridgehead atoms. The van der Waals surface area contributed by atoms with Crippen molar-refractivity contribution in [3.05, 3.63) is 33.8 Å². The Hall–Kier alpha value is -0.480. The summed E-state index contributed by atoms with van der Waals surface area (Å²) >= 11 is 3.04. The molecule has 2 rings (SSSR count). The molecule has 0 aromatic heterocycles. The summed E-state index contributed by atoms with van der Waals surface area (Å²) in [6.07, 6.45) is 5.44. The van der Waals surface area contributed by atoms with Crippen LogP contribution in [0.5, 0.6) is 0 Å². The minimum Gasteiger partial charge on any atom is -0.309 e. The van der Waals surface area contributed by atoms with Crippen LogP contribution in [0.2, 0.25) is 0 Å². The summed E-state index contributed by atoms with van der Waals surface area (Å²) in [5.74, 6) is -0.730. The topological polar surface area (TPSA) is 12.0 Å². The van der Waals surface area contributed by atoms with Crippen molar-refractivity contribution in [1.29, 1.82) is 0 Å². The van der Waals surface area contributed by atoms with Crippen LogP contribution in [0, 0.1) is 17.0 Å². The number of hydrogen-bond acceptors (Lipinski definition) is 1. The SMILES string of the molecule is CCCNC(c1cc(F)c(Br)cc1F)C1(C)CCCC1. The first kappa shape index (κ1) is 15.9. The molecule has 20 heavy (non-hydrogen) atoms. The van der Waals surface area contributed by atoms with Gasteiger partial charge in [0, 0.05) is 11.6 Å². The molecule has 0 heterocycles. The summed E-state index contributed by atoms with van der Waals surface area (Å²) in [4.78, 5) is 0. The van der Waals surface area contributed by atoms with E-state index in [4.69, 9.17) is 0 Å². The van der Waals surface area contributed by atoms with Crippen LogP contribution in [0.1, 0.15) is 57.6 Å². The van der Waals surface area contributed by atoms with Crippen molar-refractivity contribution >= 4 is 15.9 Å². The summed E-state index contributed by atoms with van der Waals surface area (Å²) in [6, 6.07) is 2.47. The van der Waals surface area contributed by atoms with Gasteiger partial charge in [-0.15, -0.1) is 0 Å². The zero-order valence-electron chi connectivity index (χ0n) is 12.1. The Morgan fingerprint density at radius 3 is 2.50 bits per heavy atom. The molecule has 0 saturated heterocycles. The first-order valence-electron chi connectivity index (χ1n) is 7.36. The largest absolute Gasteiger partial charge is 0.309 e. The lowest BCUT2D eigenvalue weighted by Crippen LogP contribution is -2.35. The van der Waals surface area contributed by atoms with E-state index in [1.165, 1.54) is 25.0 Å². The van der Waals surface area contributed by atoms with Crippen molar-refractivity contribution in [3.8, 4) is 0 Å². The van der Waals surface area contributed by atoms with Gasteiger partial charge in [0.25, 0.3) is 0 Å². The average molecular weight is 346 g/mol. The number of nitrogens with one attached hydrogen (secondary N) is 1. The molecule has 112 valence electrons. The van der Waals surface area contributed by atoms with E-state index in [1.54, 1.807) is 0 Å². The average Bonchev–Trinajstić information content (AvgIpc) is 2.83. The summed E-state index contributed by atoms with van der Waals surface area (Å²) in [5.41, 5.74) is 0.472. The van der Waals surface area contributed by atoms with Crippen LogP contribution < -0.4 is 5.32 Å². The van der Waals surface area contributed by atoms with E-state index in [-0.39, 0.29) is 21.7 Å². The summed E-state index contributed by atoms with van der Waals surface area (Å²) < 4.78 is 28.3. The minimum absolute atomic E-state index is 0.0102. The molecule has 1 atom stereocenters. The number of rotatable bonds is 5. The third kappa shape index (κ3) is 3.22. The monoisotopic (exact) mass is 345 g/mol. The van der Waals surface area contributed by atoms with Crippen LogP contribution in [0.4, 0.5) is 8.78 Å². The molecular formula is C16H22BrF2N. The number of halogens is 3. The summed E-state index contributed by atoms with van der Waals surface area (Å²) in [7, 11) is 0. The maximum atomic E-state index is 14.3.